The van der Waals surface area contributed by atoms with Gasteiger partial charge in [0.1, 0.15) is 11.8 Å². The summed E-state index contributed by atoms with van der Waals surface area (Å²) in [6.07, 6.45) is -2.46. The third-order valence-electron chi connectivity index (χ3n) is 5.40. The maximum absolute atomic E-state index is 15.3. The van der Waals surface area contributed by atoms with Crippen molar-refractivity contribution in [2.75, 3.05) is 37.6 Å². The van der Waals surface area contributed by atoms with Crippen LogP contribution in [-0.2, 0) is 0 Å². The Hall–Kier alpha value is -1.32. The first-order chi connectivity index (χ1) is 12.4. The molecule has 0 bridgehead atoms. The fourth-order valence-electron chi connectivity index (χ4n) is 3.86. The minimum atomic E-state index is -1.35. The monoisotopic (exact) mass is 381 g/mol. The van der Waals surface area contributed by atoms with E-state index in [0.717, 1.165) is 15.3 Å². The molecule has 2 aliphatic heterocycles. The molecular formula is C18H24FN3O3S. The number of rotatable bonds is 3. The number of anilines is 1. The number of hydrogen-bond acceptors (Lipinski definition) is 7. The lowest BCUT2D eigenvalue weighted by atomic mass is 9.91. The highest BCUT2D eigenvalue weighted by molar-refractivity contribution is 7.22. The van der Waals surface area contributed by atoms with Crippen LogP contribution >= 0.6 is 11.3 Å². The van der Waals surface area contributed by atoms with Crippen molar-refractivity contribution >= 4 is 26.7 Å². The number of β-amino-alcohol motifs (C(OH)–C–C–N with tert-alkyl or cyclic N) is 2. The number of aromatic nitrogens is 1. The van der Waals surface area contributed by atoms with Crippen molar-refractivity contribution in [2.45, 2.75) is 36.8 Å². The Bertz CT molecular complexity index is 720. The second-order valence-electron chi connectivity index (χ2n) is 7.42. The van der Waals surface area contributed by atoms with E-state index in [4.69, 9.17) is 0 Å². The number of likely N-dealkylation sites (tertiary alicyclic amines) is 1. The smallest absolute Gasteiger partial charge is 0.186 e. The van der Waals surface area contributed by atoms with Gasteiger partial charge in [-0.15, -0.1) is 0 Å². The SMILES string of the molecule is OC1CN(CC2(F)CCN(c3nc4ccccc4s3)CC2)CC(O)C1O. The molecule has 2 fully saturated rings. The predicted octanol–water partition coefficient (Wildman–Crippen LogP) is 1.00. The maximum atomic E-state index is 15.3. The molecule has 8 heteroatoms. The summed E-state index contributed by atoms with van der Waals surface area (Å²) in [6, 6.07) is 7.99. The molecular weight excluding hydrogens is 357 g/mol. The first-order valence-corrected chi connectivity index (χ1v) is 9.81. The van der Waals surface area contributed by atoms with Crippen LogP contribution in [-0.4, -0.2) is 81.9 Å². The number of thiazole rings is 1. The Kier molecular flexibility index (Phi) is 4.87. The zero-order valence-electron chi connectivity index (χ0n) is 14.5. The number of nitrogens with zero attached hydrogens (tertiary/aromatic N) is 3. The largest absolute Gasteiger partial charge is 0.389 e. The van der Waals surface area contributed by atoms with Crippen molar-refractivity contribution < 1.29 is 19.7 Å². The van der Waals surface area contributed by atoms with Gasteiger partial charge in [0, 0.05) is 45.6 Å². The van der Waals surface area contributed by atoms with Crippen LogP contribution in [0.1, 0.15) is 12.8 Å². The van der Waals surface area contributed by atoms with Crippen LogP contribution in [0.25, 0.3) is 10.2 Å². The van der Waals surface area contributed by atoms with Crippen LogP contribution in [0.3, 0.4) is 0 Å². The molecule has 2 saturated heterocycles. The fraction of sp³-hybridized carbons (Fsp3) is 0.611. The van der Waals surface area contributed by atoms with E-state index in [-0.39, 0.29) is 19.6 Å². The summed E-state index contributed by atoms with van der Waals surface area (Å²) in [5.41, 5.74) is -0.381. The normalized spacial score (nSPS) is 30.0. The maximum Gasteiger partial charge on any atom is 0.186 e. The lowest BCUT2D eigenvalue weighted by Crippen LogP contribution is -2.58. The van der Waals surface area contributed by atoms with Gasteiger partial charge in [-0.1, -0.05) is 23.5 Å². The summed E-state index contributed by atoms with van der Waals surface area (Å²) in [6.45, 7) is 1.73. The van der Waals surface area contributed by atoms with E-state index in [0.29, 0.717) is 25.9 Å². The zero-order chi connectivity index (χ0) is 18.3. The number of alkyl halides is 1. The number of aliphatic hydroxyl groups is 3. The summed E-state index contributed by atoms with van der Waals surface area (Å²) in [5, 5.41) is 30.2. The number of piperidine rings is 2. The Morgan fingerprint density at radius 2 is 1.77 bits per heavy atom. The van der Waals surface area contributed by atoms with Crippen molar-refractivity contribution in [3.05, 3.63) is 24.3 Å². The molecule has 2 unspecified atom stereocenters. The van der Waals surface area contributed by atoms with Crippen molar-refractivity contribution in [2.24, 2.45) is 0 Å². The van der Waals surface area contributed by atoms with Gasteiger partial charge in [-0.2, -0.15) is 0 Å². The molecule has 3 heterocycles. The van der Waals surface area contributed by atoms with Crippen LogP contribution in [0.4, 0.5) is 9.52 Å². The van der Waals surface area contributed by atoms with Gasteiger partial charge < -0.3 is 20.2 Å². The predicted molar refractivity (Wildman–Crippen MR) is 99.4 cm³/mol. The second kappa shape index (κ2) is 7.01. The molecule has 2 atom stereocenters. The quantitative estimate of drug-likeness (QED) is 0.736. The molecule has 0 aliphatic carbocycles. The van der Waals surface area contributed by atoms with Crippen LogP contribution < -0.4 is 4.90 Å². The molecule has 6 nitrogen and oxygen atoms in total. The first-order valence-electron chi connectivity index (χ1n) is 8.99. The Morgan fingerprint density at radius 3 is 2.42 bits per heavy atom. The van der Waals surface area contributed by atoms with Gasteiger partial charge in [-0.25, -0.2) is 9.37 Å². The topological polar surface area (TPSA) is 80.1 Å². The van der Waals surface area contributed by atoms with E-state index in [1.165, 1.54) is 0 Å². The lowest BCUT2D eigenvalue weighted by molar-refractivity contribution is -0.118. The van der Waals surface area contributed by atoms with Crippen molar-refractivity contribution in [1.29, 1.82) is 0 Å². The lowest BCUT2D eigenvalue weighted by Gasteiger charge is -2.42. The second-order valence-corrected chi connectivity index (χ2v) is 8.43. The standard InChI is InChI=1S/C18H24FN3O3S/c19-18(11-21-9-13(23)16(25)14(24)10-21)5-7-22(8-6-18)17-20-12-3-1-2-4-15(12)26-17/h1-4,13-14,16,23-25H,5-11H2. The molecule has 0 saturated carbocycles. The highest BCUT2D eigenvalue weighted by Gasteiger charge is 2.41. The number of halogens is 1. The highest BCUT2D eigenvalue weighted by Crippen LogP contribution is 2.34. The minimum absolute atomic E-state index is 0.168. The van der Waals surface area contributed by atoms with E-state index in [9.17, 15) is 15.3 Å². The molecule has 1 aromatic carbocycles. The minimum Gasteiger partial charge on any atom is -0.389 e. The van der Waals surface area contributed by atoms with Crippen molar-refractivity contribution in [3.8, 4) is 0 Å². The number of aliphatic hydroxyl groups excluding tert-OH is 3. The number of benzene rings is 1. The average molecular weight is 381 g/mol. The van der Waals surface area contributed by atoms with Crippen LogP contribution in [0, 0.1) is 0 Å². The van der Waals surface area contributed by atoms with E-state index in [1.54, 1.807) is 16.2 Å². The Labute approximate surface area is 155 Å². The molecule has 2 aromatic rings. The van der Waals surface area contributed by atoms with Crippen LogP contribution in [0.5, 0.6) is 0 Å². The number of hydrogen-bond donors (Lipinski definition) is 3. The van der Waals surface area contributed by atoms with Crippen molar-refractivity contribution in [1.82, 2.24) is 9.88 Å². The third kappa shape index (κ3) is 3.57. The molecule has 1 aromatic heterocycles. The molecule has 0 spiro atoms. The fourth-order valence-corrected chi connectivity index (χ4v) is 4.88. The van der Waals surface area contributed by atoms with E-state index in [2.05, 4.69) is 9.88 Å². The molecule has 3 N–H and O–H groups in total. The zero-order valence-corrected chi connectivity index (χ0v) is 15.3. The van der Waals surface area contributed by atoms with E-state index < -0.39 is 24.0 Å². The van der Waals surface area contributed by atoms with Gasteiger partial charge in [0.05, 0.1) is 22.4 Å². The van der Waals surface area contributed by atoms with Gasteiger partial charge in [0.2, 0.25) is 0 Å². The molecule has 2 aliphatic rings. The average Bonchev–Trinajstić information content (AvgIpc) is 3.04. The molecule has 0 amide bonds. The number of para-hydroxylation sites is 1. The molecule has 142 valence electrons. The summed E-state index contributed by atoms with van der Waals surface area (Å²) in [5.74, 6) is 0. The van der Waals surface area contributed by atoms with Crippen molar-refractivity contribution in [3.63, 3.8) is 0 Å². The van der Waals surface area contributed by atoms with Gasteiger partial charge in [0.15, 0.2) is 5.13 Å². The first kappa shape index (κ1) is 18.1. The summed E-state index contributed by atoms with van der Waals surface area (Å²) < 4.78 is 16.4. The summed E-state index contributed by atoms with van der Waals surface area (Å²) in [4.78, 5) is 8.49. The van der Waals surface area contributed by atoms with Crippen LogP contribution in [0.15, 0.2) is 24.3 Å². The van der Waals surface area contributed by atoms with Gasteiger partial charge in [-0.3, -0.25) is 4.90 Å². The van der Waals surface area contributed by atoms with E-state index >= 15 is 4.39 Å². The Morgan fingerprint density at radius 1 is 1.12 bits per heavy atom. The van der Waals surface area contributed by atoms with Gasteiger partial charge in [-0.05, 0) is 12.1 Å². The highest BCUT2D eigenvalue weighted by atomic mass is 32.1. The number of fused-ring (bicyclic) bond motifs is 1. The van der Waals surface area contributed by atoms with Crippen LogP contribution in [0.2, 0.25) is 0 Å². The molecule has 26 heavy (non-hydrogen) atoms. The molecule has 0 radical (unpaired) electrons. The molecule has 4 rings (SSSR count). The summed E-state index contributed by atoms with van der Waals surface area (Å²) in [7, 11) is 0. The van der Waals surface area contributed by atoms with Gasteiger partial charge in [0.25, 0.3) is 0 Å². The Balaban J connectivity index is 1.37. The third-order valence-corrected chi connectivity index (χ3v) is 6.50. The van der Waals surface area contributed by atoms with Gasteiger partial charge >= 0.3 is 0 Å². The van der Waals surface area contributed by atoms with E-state index in [1.807, 2.05) is 24.3 Å². The summed E-state index contributed by atoms with van der Waals surface area (Å²) >= 11 is 1.63.